The van der Waals surface area contributed by atoms with Gasteiger partial charge in [-0.2, -0.15) is 0 Å². The molecule has 0 aliphatic rings. The summed E-state index contributed by atoms with van der Waals surface area (Å²) in [4.78, 5) is 29.7. The molecule has 0 atom stereocenters. The van der Waals surface area contributed by atoms with Gasteiger partial charge in [-0.15, -0.1) is 11.3 Å². The van der Waals surface area contributed by atoms with E-state index >= 15 is 0 Å². The highest BCUT2D eigenvalue weighted by atomic mass is 32.1. The number of ketones is 1. The van der Waals surface area contributed by atoms with Gasteiger partial charge in [0, 0.05) is 11.3 Å². The number of aromatic nitrogens is 2. The lowest BCUT2D eigenvalue weighted by molar-refractivity contribution is -0.119. The summed E-state index contributed by atoms with van der Waals surface area (Å²) in [6.45, 7) is 5.80. The third-order valence-electron chi connectivity index (χ3n) is 2.90. The molecule has 0 N–H and O–H groups in total. The van der Waals surface area contributed by atoms with Crippen LogP contribution >= 0.6 is 11.3 Å². The van der Waals surface area contributed by atoms with E-state index in [0.717, 1.165) is 15.3 Å². The second-order valence-corrected chi connectivity index (χ2v) is 5.24. The minimum absolute atomic E-state index is 0.0397. The van der Waals surface area contributed by atoms with Crippen molar-refractivity contribution in [3.05, 3.63) is 27.1 Å². The summed E-state index contributed by atoms with van der Waals surface area (Å²) in [7, 11) is 0. The molecule has 0 saturated carbocycles. The smallest absolute Gasteiger partial charge is 0.262 e. The highest BCUT2D eigenvalue weighted by molar-refractivity contribution is 7.18. The first-order valence-electron chi connectivity index (χ1n) is 5.51. The first-order valence-corrected chi connectivity index (χ1v) is 6.33. The summed E-state index contributed by atoms with van der Waals surface area (Å²) >= 11 is 1.52. The van der Waals surface area contributed by atoms with Crippen molar-refractivity contribution in [1.29, 1.82) is 0 Å². The van der Waals surface area contributed by atoms with Crippen LogP contribution in [0.2, 0.25) is 0 Å². The molecule has 2 heterocycles. The third kappa shape index (κ3) is 2.02. The van der Waals surface area contributed by atoms with E-state index in [1.54, 1.807) is 6.92 Å². The van der Waals surface area contributed by atoms with E-state index in [1.807, 2.05) is 13.8 Å². The number of hydrogen-bond acceptors (Lipinski definition) is 4. The summed E-state index contributed by atoms with van der Waals surface area (Å²) in [6.07, 6.45) is 1.90. The molecule has 2 rings (SSSR count). The SMILES string of the molecule is CCC(=O)Cn1cnc2sc(C)c(C)c2c1=O. The van der Waals surface area contributed by atoms with Gasteiger partial charge in [0.15, 0.2) is 5.78 Å². The van der Waals surface area contributed by atoms with Crippen LogP contribution in [0.25, 0.3) is 10.2 Å². The molecule has 0 radical (unpaired) electrons. The maximum absolute atomic E-state index is 12.2. The molecule has 0 fully saturated rings. The Morgan fingerprint density at radius 3 is 2.82 bits per heavy atom. The normalized spacial score (nSPS) is 11.0. The van der Waals surface area contributed by atoms with Crippen LogP contribution in [0.4, 0.5) is 0 Å². The van der Waals surface area contributed by atoms with Gasteiger partial charge in [-0.3, -0.25) is 14.2 Å². The lowest BCUT2D eigenvalue weighted by atomic mass is 10.2. The Labute approximate surface area is 103 Å². The molecule has 0 spiro atoms. The zero-order valence-electron chi connectivity index (χ0n) is 10.1. The van der Waals surface area contributed by atoms with Crippen LogP contribution in [-0.4, -0.2) is 15.3 Å². The Balaban J connectivity index is 2.61. The lowest BCUT2D eigenvalue weighted by Gasteiger charge is -2.03. The minimum Gasteiger partial charge on any atom is -0.298 e. The average molecular weight is 250 g/mol. The average Bonchev–Trinajstić information content (AvgIpc) is 2.59. The Morgan fingerprint density at radius 2 is 2.18 bits per heavy atom. The van der Waals surface area contributed by atoms with Crippen molar-refractivity contribution in [3.63, 3.8) is 0 Å². The van der Waals surface area contributed by atoms with Gasteiger partial charge in [0.25, 0.3) is 5.56 Å². The molecule has 5 heteroatoms. The summed E-state index contributed by atoms with van der Waals surface area (Å²) in [5, 5.41) is 0.652. The summed E-state index contributed by atoms with van der Waals surface area (Å²) < 4.78 is 1.40. The van der Waals surface area contributed by atoms with Crippen LogP contribution < -0.4 is 5.56 Å². The molecule has 90 valence electrons. The fourth-order valence-corrected chi connectivity index (χ4v) is 2.67. The standard InChI is InChI=1S/C12H14N2O2S/c1-4-9(15)5-14-6-13-11-10(12(14)16)7(2)8(3)17-11/h6H,4-5H2,1-3H3. The highest BCUT2D eigenvalue weighted by Crippen LogP contribution is 2.25. The van der Waals surface area contributed by atoms with E-state index in [1.165, 1.54) is 22.2 Å². The largest absolute Gasteiger partial charge is 0.298 e. The van der Waals surface area contributed by atoms with Crippen molar-refractivity contribution in [2.45, 2.75) is 33.7 Å². The molecule has 0 bridgehead atoms. The van der Waals surface area contributed by atoms with Gasteiger partial charge >= 0.3 is 0 Å². The number of nitrogens with zero attached hydrogens (tertiary/aromatic N) is 2. The molecule has 2 aromatic heterocycles. The van der Waals surface area contributed by atoms with Crippen molar-refractivity contribution in [2.24, 2.45) is 0 Å². The predicted octanol–water partition coefficient (Wildman–Crippen LogP) is 2.05. The fraction of sp³-hybridized carbons (Fsp3) is 0.417. The summed E-state index contributed by atoms with van der Waals surface area (Å²) in [5.74, 6) is 0.0397. The molecule has 4 nitrogen and oxygen atoms in total. The van der Waals surface area contributed by atoms with Gasteiger partial charge in [0.05, 0.1) is 18.3 Å². The highest BCUT2D eigenvalue weighted by Gasteiger charge is 2.12. The molecule has 0 aliphatic carbocycles. The van der Waals surface area contributed by atoms with Crippen LogP contribution in [0.15, 0.2) is 11.1 Å². The van der Waals surface area contributed by atoms with Crippen LogP contribution in [0, 0.1) is 13.8 Å². The number of Topliss-reactive ketones (excluding diaryl/α,β-unsaturated/α-hetero) is 1. The first-order chi connectivity index (χ1) is 8.04. The molecule has 17 heavy (non-hydrogen) atoms. The number of carbonyl (C=O) groups is 1. The predicted molar refractivity (Wildman–Crippen MR) is 68.7 cm³/mol. The first kappa shape index (κ1) is 12.0. The lowest BCUT2D eigenvalue weighted by Crippen LogP contribution is -2.24. The number of carbonyl (C=O) groups excluding carboxylic acids is 1. The van der Waals surface area contributed by atoms with Crippen molar-refractivity contribution in [1.82, 2.24) is 9.55 Å². The van der Waals surface area contributed by atoms with Gasteiger partial charge in [0.1, 0.15) is 4.83 Å². The van der Waals surface area contributed by atoms with Crippen LogP contribution in [-0.2, 0) is 11.3 Å². The molecule has 0 aromatic carbocycles. The van der Waals surface area contributed by atoms with Gasteiger partial charge in [-0.05, 0) is 19.4 Å². The van der Waals surface area contributed by atoms with E-state index in [2.05, 4.69) is 4.98 Å². The van der Waals surface area contributed by atoms with Gasteiger partial charge in [-0.1, -0.05) is 6.92 Å². The second-order valence-electron chi connectivity index (χ2n) is 4.03. The quantitative estimate of drug-likeness (QED) is 0.837. The van der Waals surface area contributed by atoms with Crippen molar-refractivity contribution < 1.29 is 4.79 Å². The maximum Gasteiger partial charge on any atom is 0.262 e. The van der Waals surface area contributed by atoms with Gasteiger partial charge in [-0.25, -0.2) is 4.98 Å². The number of hydrogen-bond donors (Lipinski definition) is 0. The van der Waals surface area contributed by atoms with E-state index in [-0.39, 0.29) is 17.9 Å². The molecule has 0 unspecified atom stereocenters. The molecule has 0 aliphatic heterocycles. The monoisotopic (exact) mass is 250 g/mol. The van der Waals surface area contributed by atoms with E-state index in [4.69, 9.17) is 0 Å². The molecule has 0 amide bonds. The number of thiophene rings is 1. The molecule has 0 saturated heterocycles. The minimum atomic E-state index is -0.112. The number of aryl methyl sites for hydroxylation is 2. The topological polar surface area (TPSA) is 52.0 Å². The summed E-state index contributed by atoms with van der Waals surface area (Å²) in [5.41, 5.74) is 0.861. The van der Waals surface area contributed by atoms with Crippen molar-refractivity contribution >= 4 is 27.3 Å². The van der Waals surface area contributed by atoms with Gasteiger partial charge < -0.3 is 0 Å². The second kappa shape index (κ2) is 4.41. The molecule has 2 aromatic rings. The van der Waals surface area contributed by atoms with Crippen LogP contribution in [0.1, 0.15) is 23.8 Å². The molecular formula is C12H14N2O2S. The summed E-state index contributed by atoms with van der Waals surface area (Å²) in [6, 6.07) is 0. The van der Waals surface area contributed by atoms with Crippen LogP contribution in [0.3, 0.4) is 0 Å². The van der Waals surface area contributed by atoms with E-state index in [0.29, 0.717) is 11.8 Å². The van der Waals surface area contributed by atoms with Gasteiger partial charge in [0.2, 0.25) is 0 Å². The number of fused-ring (bicyclic) bond motifs is 1. The van der Waals surface area contributed by atoms with Crippen molar-refractivity contribution in [2.75, 3.05) is 0 Å². The fourth-order valence-electron chi connectivity index (χ4n) is 1.68. The molecular weight excluding hydrogens is 236 g/mol. The van der Waals surface area contributed by atoms with E-state index in [9.17, 15) is 9.59 Å². The van der Waals surface area contributed by atoms with Crippen LogP contribution in [0.5, 0.6) is 0 Å². The Hall–Kier alpha value is -1.49. The Kier molecular flexibility index (Phi) is 3.11. The Bertz CT molecular complexity index is 640. The van der Waals surface area contributed by atoms with Crippen molar-refractivity contribution in [3.8, 4) is 0 Å². The third-order valence-corrected chi connectivity index (χ3v) is 4.01. The number of rotatable bonds is 3. The van der Waals surface area contributed by atoms with E-state index < -0.39 is 0 Å². The Morgan fingerprint density at radius 1 is 1.47 bits per heavy atom. The zero-order chi connectivity index (χ0) is 12.6. The zero-order valence-corrected chi connectivity index (χ0v) is 10.9. The maximum atomic E-state index is 12.2.